The number of carbonyl (C=O) groups is 2. The number of anilines is 1. The molecule has 3 aromatic rings. The van der Waals surface area contributed by atoms with Gasteiger partial charge in [-0.05, 0) is 48.4 Å². The fourth-order valence-electron chi connectivity index (χ4n) is 3.34. The molecular weight excluding hydrogens is 466 g/mol. The molecule has 1 heterocycles. The number of hydrogen-bond acceptors (Lipinski definition) is 5. The van der Waals surface area contributed by atoms with Crippen LogP contribution in [0.2, 0.25) is 5.02 Å². The Morgan fingerprint density at radius 1 is 0.939 bits per heavy atom. The maximum atomic E-state index is 12.7. The molecule has 170 valence electrons. The third kappa shape index (κ3) is 5.27. The predicted molar refractivity (Wildman–Crippen MR) is 123 cm³/mol. The summed E-state index contributed by atoms with van der Waals surface area (Å²) in [6.07, 6.45) is 0.485. The number of rotatable bonds is 5. The van der Waals surface area contributed by atoms with Gasteiger partial charge in [0.2, 0.25) is 5.91 Å². The van der Waals surface area contributed by atoms with Crippen LogP contribution in [-0.4, -0.2) is 26.8 Å². The SMILES string of the molecule is O=C(NNC(=O)[C@@H]1COc2ccccc2C1)c1cccc(S(=O)(=O)Nc2ccccc2Cl)c1. The van der Waals surface area contributed by atoms with Gasteiger partial charge in [0, 0.05) is 5.56 Å². The summed E-state index contributed by atoms with van der Waals surface area (Å²) < 4.78 is 33.4. The third-order valence-corrected chi connectivity index (χ3v) is 6.77. The number of sulfonamides is 1. The lowest BCUT2D eigenvalue weighted by molar-refractivity contribution is -0.127. The molecule has 1 atom stereocenters. The first kappa shape index (κ1) is 22.6. The number of benzene rings is 3. The van der Waals surface area contributed by atoms with Crippen LogP contribution in [0.4, 0.5) is 5.69 Å². The van der Waals surface area contributed by atoms with E-state index in [0.717, 1.165) is 11.3 Å². The Labute approximate surface area is 195 Å². The minimum atomic E-state index is -3.99. The molecule has 0 unspecified atom stereocenters. The van der Waals surface area contributed by atoms with Crippen molar-refractivity contribution < 1.29 is 22.7 Å². The second kappa shape index (κ2) is 9.51. The van der Waals surface area contributed by atoms with E-state index in [1.165, 1.54) is 30.3 Å². The molecule has 0 spiro atoms. The van der Waals surface area contributed by atoms with Gasteiger partial charge in [0.15, 0.2) is 0 Å². The zero-order chi connectivity index (χ0) is 23.4. The number of fused-ring (bicyclic) bond motifs is 1. The first-order chi connectivity index (χ1) is 15.8. The minimum Gasteiger partial charge on any atom is -0.492 e. The molecule has 4 rings (SSSR count). The molecule has 0 fully saturated rings. The van der Waals surface area contributed by atoms with Crippen molar-refractivity contribution in [3.63, 3.8) is 0 Å². The zero-order valence-electron chi connectivity index (χ0n) is 17.2. The van der Waals surface area contributed by atoms with Gasteiger partial charge in [-0.25, -0.2) is 8.42 Å². The average Bonchev–Trinajstić information content (AvgIpc) is 2.83. The lowest BCUT2D eigenvalue weighted by atomic mass is 9.96. The number of nitrogens with one attached hydrogen (secondary N) is 3. The molecule has 3 N–H and O–H groups in total. The van der Waals surface area contributed by atoms with Crippen molar-refractivity contribution in [1.29, 1.82) is 0 Å². The summed E-state index contributed by atoms with van der Waals surface area (Å²) in [6.45, 7) is 0.195. The van der Waals surface area contributed by atoms with E-state index in [1.54, 1.807) is 18.2 Å². The second-order valence-corrected chi connectivity index (χ2v) is 9.47. The Balaban J connectivity index is 1.40. The van der Waals surface area contributed by atoms with Crippen LogP contribution >= 0.6 is 11.6 Å². The molecule has 0 radical (unpaired) electrons. The van der Waals surface area contributed by atoms with Gasteiger partial charge in [-0.15, -0.1) is 0 Å². The normalized spacial score (nSPS) is 15.0. The number of ether oxygens (including phenoxy) is 1. The van der Waals surface area contributed by atoms with Gasteiger partial charge in [0.05, 0.1) is 21.5 Å². The first-order valence-electron chi connectivity index (χ1n) is 10.0. The Morgan fingerprint density at radius 2 is 1.70 bits per heavy atom. The molecule has 3 aromatic carbocycles. The van der Waals surface area contributed by atoms with Crippen molar-refractivity contribution in [1.82, 2.24) is 10.9 Å². The van der Waals surface area contributed by atoms with Gasteiger partial charge in [-0.2, -0.15) is 0 Å². The summed E-state index contributed by atoms with van der Waals surface area (Å²) in [7, 11) is -3.99. The van der Waals surface area contributed by atoms with E-state index in [4.69, 9.17) is 16.3 Å². The summed E-state index contributed by atoms with van der Waals surface area (Å²) >= 11 is 6.02. The van der Waals surface area contributed by atoms with E-state index in [2.05, 4.69) is 15.6 Å². The molecule has 2 amide bonds. The predicted octanol–water partition coefficient (Wildman–Crippen LogP) is 3.15. The highest BCUT2D eigenvalue weighted by atomic mass is 35.5. The van der Waals surface area contributed by atoms with Crippen molar-refractivity contribution in [3.05, 3.63) is 88.9 Å². The molecule has 0 saturated carbocycles. The summed E-state index contributed by atoms with van der Waals surface area (Å²) in [6, 6.07) is 19.3. The van der Waals surface area contributed by atoms with Crippen LogP contribution in [0.15, 0.2) is 77.7 Å². The van der Waals surface area contributed by atoms with Gasteiger partial charge in [0.1, 0.15) is 12.4 Å². The van der Waals surface area contributed by atoms with E-state index in [1.807, 2.05) is 24.3 Å². The van der Waals surface area contributed by atoms with E-state index in [-0.39, 0.29) is 27.8 Å². The van der Waals surface area contributed by atoms with Crippen molar-refractivity contribution >= 4 is 39.1 Å². The maximum absolute atomic E-state index is 12.7. The number of hydrogen-bond donors (Lipinski definition) is 3. The summed E-state index contributed by atoms with van der Waals surface area (Å²) in [5, 5.41) is 0.243. The van der Waals surface area contributed by atoms with Crippen LogP contribution < -0.4 is 20.3 Å². The van der Waals surface area contributed by atoms with Crippen molar-refractivity contribution in [2.75, 3.05) is 11.3 Å². The zero-order valence-corrected chi connectivity index (χ0v) is 18.8. The monoisotopic (exact) mass is 485 g/mol. The first-order valence-corrected chi connectivity index (χ1v) is 11.9. The maximum Gasteiger partial charge on any atom is 0.269 e. The topological polar surface area (TPSA) is 114 Å². The Kier molecular flexibility index (Phi) is 6.52. The average molecular weight is 486 g/mol. The van der Waals surface area contributed by atoms with E-state index in [9.17, 15) is 18.0 Å². The summed E-state index contributed by atoms with van der Waals surface area (Å²) in [5.74, 6) is -0.780. The van der Waals surface area contributed by atoms with E-state index in [0.29, 0.717) is 6.42 Å². The highest BCUT2D eigenvalue weighted by molar-refractivity contribution is 7.92. The van der Waals surface area contributed by atoms with Gasteiger partial charge in [-0.1, -0.05) is 48.0 Å². The smallest absolute Gasteiger partial charge is 0.269 e. The quantitative estimate of drug-likeness (QED) is 0.480. The lowest BCUT2D eigenvalue weighted by Crippen LogP contribution is -2.47. The molecule has 8 nitrogen and oxygen atoms in total. The molecule has 0 saturated heterocycles. The number of halogens is 1. The van der Waals surface area contributed by atoms with Crippen LogP contribution in [-0.2, 0) is 21.2 Å². The summed E-state index contributed by atoms with van der Waals surface area (Å²) in [4.78, 5) is 24.9. The molecule has 0 aromatic heterocycles. The van der Waals surface area contributed by atoms with Crippen LogP contribution in [0, 0.1) is 5.92 Å². The minimum absolute atomic E-state index is 0.0579. The van der Waals surface area contributed by atoms with Crippen LogP contribution in [0.5, 0.6) is 5.75 Å². The van der Waals surface area contributed by atoms with Crippen LogP contribution in [0.3, 0.4) is 0 Å². The van der Waals surface area contributed by atoms with Gasteiger partial charge in [-0.3, -0.25) is 25.2 Å². The fraction of sp³-hybridized carbons (Fsp3) is 0.130. The Morgan fingerprint density at radius 3 is 2.52 bits per heavy atom. The largest absolute Gasteiger partial charge is 0.492 e. The van der Waals surface area contributed by atoms with Crippen LogP contribution in [0.25, 0.3) is 0 Å². The van der Waals surface area contributed by atoms with Gasteiger partial charge >= 0.3 is 0 Å². The molecule has 1 aliphatic rings. The molecule has 0 bridgehead atoms. The fourth-order valence-corrected chi connectivity index (χ4v) is 4.71. The molecular formula is C23H20ClN3O5S. The Bertz CT molecular complexity index is 1310. The van der Waals surface area contributed by atoms with Gasteiger partial charge < -0.3 is 4.74 Å². The van der Waals surface area contributed by atoms with Crippen molar-refractivity contribution in [2.45, 2.75) is 11.3 Å². The molecule has 10 heteroatoms. The molecule has 1 aliphatic heterocycles. The second-order valence-electron chi connectivity index (χ2n) is 7.38. The standard InChI is InChI=1S/C23H20ClN3O5S/c24-19-9-2-3-10-20(19)27-33(30,31)18-8-5-7-16(13-18)22(28)25-26-23(29)17-12-15-6-1-4-11-21(15)32-14-17/h1-11,13,17,27H,12,14H2,(H,25,28)(H,26,29)/t17-/m0/s1. The van der Waals surface area contributed by atoms with Crippen molar-refractivity contribution in [2.24, 2.45) is 5.92 Å². The molecule has 33 heavy (non-hydrogen) atoms. The highest BCUT2D eigenvalue weighted by Gasteiger charge is 2.26. The summed E-state index contributed by atoms with van der Waals surface area (Å²) in [5.41, 5.74) is 5.91. The van der Waals surface area contributed by atoms with Crippen molar-refractivity contribution in [3.8, 4) is 5.75 Å². The lowest BCUT2D eigenvalue weighted by Gasteiger charge is -2.24. The number of carbonyl (C=O) groups excluding carboxylic acids is 2. The van der Waals surface area contributed by atoms with E-state index >= 15 is 0 Å². The Hall–Kier alpha value is -3.56. The number of para-hydroxylation sites is 2. The number of hydrazine groups is 1. The number of amides is 2. The third-order valence-electron chi connectivity index (χ3n) is 5.07. The van der Waals surface area contributed by atoms with Crippen LogP contribution in [0.1, 0.15) is 15.9 Å². The highest BCUT2D eigenvalue weighted by Crippen LogP contribution is 2.27. The molecule has 0 aliphatic carbocycles. The van der Waals surface area contributed by atoms with Gasteiger partial charge in [0.25, 0.3) is 15.9 Å². The van der Waals surface area contributed by atoms with E-state index < -0.39 is 27.8 Å².